The summed E-state index contributed by atoms with van der Waals surface area (Å²) in [7, 11) is 0. The summed E-state index contributed by atoms with van der Waals surface area (Å²) >= 11 is 12.0. The second kappa shape index (κ2) is 16.0. The minimum absolute atomic E-state index is 0.00724. The molecule has 44 heavy (non-hydrogen) atoms. The lowest BCUT2D eigenvalue weighted by Gasteiger charge is -2.27. The molecule has 0 unspecified atom stereocenters. The fourth-order valence-electron chi connectivity index (χ4n) is 7.11. The van der Waals surface area contributed by atoms with Crippen molar-refractivity contribution in [3.63, 3.8) is 0 Å². The highest BCUT2D eigenvalue weighted by Crippen LogP contribution is 2.41. The quantitative estimate of drug-likeness (QED) is 0.216. The molecule has 0 heterocycles. The number of nitriles is 2. The number of nitrogens with zero attached hydrogens (tertiary/aromatic N) is 2. The van der Waals surface area contributed by atoms with Gasteiger partial charge in [0.25, 0.3) is 0 Å². The van der Waals surface area contributed by atoms with Crippen LogP contribution < -0.4 is 0 Å². The van der Waals surface area contributed by atoms with Crippen molar-refractivity contribution in [1.82, 2.24) is 0 Å². The normalized spacial score (nSPS) is 16.9. The lowest BCUT2D eigenvalue weighted by atomic mass is 9.76. The molecule has 4 aromatic rings. The van der Waals surface area contributed by atoms with E-state index in [0.717, 1.165) is 32.3 Å². The van der Waals surface area contributed by atoms with E-state index in [1.54, 1.807) is 0 Å². The molecule has 0 aromatic heterocycles. The summed E-state index contributed by atoms with van der Waals surface area (Å²) < 4.78 is 0. The Hall–Kier alpha value is -3.56. The van der Waals surface area contributed by atoms with Gasteiger partial charge in [-0.05, 0) is 95.2 Å². The molecule has 2 nitrogen and oxygen atoms in total. The van der Waals surface area contributed by atoms with Crippen LogP contribution in [0.5, 0.6) is 0 Å². The fraction of sp³-hybridized carbons (Fsp3) is 0.350. The van der Waals surface area contributed by atoms with Gasteiger partial charge >= 0.3 is 0 Å². The number of hydrogen-bond acceptors (Lipinski definition) is 2. The van der Waals surface area contributed by atoms with Crippen molar-refractivity contribution in [1.29, 1.82) is 10.5 Å². The Morgan fingerprint density at radius 2 is 0.818 bits per heavy atom. The Labute approximate surface area is 273 Å². The van der Waals surface area contributed by atoms with Crippen molar-refractivity contribution in [3.05, 3.63) is 118 Å². The predicted octanol–water partition coefficient (Wildman–Crippen LogP) is 12.4. The van der Waals surface area contributed by atoms with E-state index < -0.39 is 0 Å². The highest BCUT2D eigenvalue weighted by molar-refractivity contribution is 6.30. The van der Waals surface area contributed by atoms with E-state index in [4.69, 9.17) is 23.2 Å². The molecule has 0 aliphatic heterocycles. The van der Waals surface area contributed by atoms with Crippen molar-refractivity contribution in [2.75, 3.05) is 0 Å². The van der Waals surface area contributed by atoms with E-state index in [1.165, 1.54) is 75.3 Å². The van der Waals surface area contributed by atoms with Gasteiger partial charge in [-0.15, -0.1) is 0 Å². The fourth-order valence-corrected chi connectivity index (χ4v) is 7.37. The van der Waals surface area contributed by atoms with Crippen LogP contribution in [0.2, 0.25) is 10.0 Å². The second-order valence-electron chi connectivity index (χ2n) is 12.2. The van der Waals surface area contributed by atoms with E-state index in [1.807, 2.05) is 72.8 Å². The Bertz CT molecular complexity index is 1450. The van der Waals surface area contributed by atoms with Crippen LogP contribution >= 0.6 is 23.2 Å². The smallest absolute Gasteiger partial charge is 0.0746 e. The van der Waals surface area contributed by atoms with Gasteiger partial charge in [-0.25, -0.2) is 0 Å². The lowest BCUT2D eigenvalue weighted by molar-refractivity contribution is 0.336. The maximum Gasteiger partial charge on any atom is 0.0746 e. The minimum atomic E-state index is -0.00724. The predicted molar refractivity (Wildman–Crippen MR) is 184 cm³/mol. The second-order valence-corrected chi connectivity index (χ2v) is 13.1. The van der Waals surface area contributed by atoms with Gasteiger partial charge in [-0.3, -0.25) is 0 Å². The summed E-state index contributed by atoms with van der Waals surface area (Å²) in [6, 6.07) is 37.6. The van der Waals surface area contributed by atoms with Crippen molar-refractivity contribution in [3.8, 4) is 34.4 Å². The summed E-state index contributed by atoms with van der Waals surface area (Å²) in [6.07, 6.45) is 12.3. The number of halogens is 2. The third-order valence-corrected chi connectivity index (χ3v) is 9.93. The first kappa shape index (κ1) is 31.9. The first-order chi connectivity index (χ1) is 21.6. The van der Waals surface area contributed by atoms with Gasteiger partial charge < -0.3 is 0 Å². The molecule has 2 atom stereocenters. The standard InChI is InChI=1S/2C20H20ClN/c2*21-17-12-10-16(11-13-17)18-8-4-5-9-19(18)20(14-22)15-6-2-1-3-7-15/h2*4-5,8-13,15,20H,1-3,6-7H2/t2*20-/m10/s1. The topological polar surface area (TPSA) is 47.6 Å². The molecule has 6 rings (SSSR count). The van der Waals surface area contributed by atoms with Crippen molar-refractivity contribution in [2.24, 2.45) is 11.8 Å². The molecular weight excluding hydrogens is 579 g/mol. The Kier molecular flexibility index (Phi) is 11.5. The molecule has 0 spiro atoms. The number of rotatable bonds is 6. The third kappa shape index (κ3) is 7.93. The molecule has 4 aromatic carbocycles. The Morgan fingerprint density at radius 3 is 1.16 bits per heavy atom. The molecule has 2 fully saturated rings. The van der Waals surface area contributed by atoms with Gasteiger partial charge in [-0.1, -0.05) is 135 Å². The molecule has 0 bridgehead atoms. The van der Waals surface area contributed by atoms with E-state index in [2.05, 4.69) is 36.4 Å². The summed E-state index contributed by atoms with van der Waals surface area (Å²) in [5, 5.41) is 21.0. The summed E-state index contributed by atoms with van der Waals surface area (Å²) in [5.41, 5.74) is 6.93. The minimum Gasteiger partial charge on any atom is -0.198 e. The Morgan fingerprint density at radius 1 is 0.477 bits per heavy atom. The Balaban J connectivity index is 0.000000175. The van der Waals surface area contributed by atoms with Crippen molar-refractivity contribution in [2.45, 2.75) is 76.0 Å². The molecule has 2 aliphatic rings. The van der Waals surface area contributed by atoms with Gasteiger partial charge in [0, 0.05) is 10.0 Å². The van der Waals surface area contributed by atoms with Crippen LogP contribution in [0.25, 0.3) is 22.3 Å². The van der Waals surface area contributed by atoms with Gasteiger partial charge in [0.2, 0.25) is 0 Å². The SMILES string of the molecule is N#C[C@@H](c1ccccc1-c1ccc(Cl)cc1)C1CCCCC1.N#C[C@H](c1ccccc1-c1ccc(Cl)cc1)C1CCCCC1. The maximum atomic E-state index is 9.78. The van der Waals surface area contributed by atoms with Crippen molar-refractivity contribution >= 4 is 23.2 Å². The van der Waals surface area contributed by atoms with Gasteiger partial charge in [0.1, 0.15) is 0 Å². The molecular formula is C40H40Cl2N2. The molecule has 4 heteroatoms. The zero-order chi connectivity index (χ0) is 30.7. The summed E-state index contributed by atoms with van der Waals surface area (Å²) in [5.74, 6) is 0.971. The molecule has 0 amide bonds. The van der Waals surface area contributed by atoms with E-state index in [0.29, 0.717) is 11.8 Å². The third-order valence-electron chi connectivity index (χ3n) is 9.42. The van der Waals surface area contributed by atoms with E-state index in [9.17, 15) is 10.5 Å². The maximum absolute atomic E-state index is 9.78. The highest BCUT2D eigenvalue weighted by atomic mass is 35.5. The van der Waals surface area contributed by atoms with Crippen LogP contribution in [-0.2, 0) is 0 Å². The summed E-state index contributed by atoms with van der Waals surface area (Å²) in [4.78, 5) is 0. The van der Waals surface area contributed by atoms with Gasteiger partial charge in [0.15, 0.2) is 0 Å². The highest BCUT2D eigenvalue weighted by Gasteiger charge is 2.28. The summed E-state index contributed by atoms with van der Waals surface area (Å²) in [6.45, 7) is 0. The van der Waals surface area contributed by atoms with Crippen LogP contribution in [0.3, 0.4) is 0 Å². The van der Waals surface area contributed by atoms with E-state index >= 15 is 0 Å². The first-order valence-electron chi connectivity index (χ1n) is 16.1. The van der Waals surface area contributed by atoms with Gasteiger partial charge in [-0.2, -0.15) is 10.5 Å². The molecule has 224 valence electrons. The molecule has 0 radical (unpaired) electrons. The van der Waals surface area contributed by atoms with Crippen LogP contribution in [-0.4, -0.2) is 0 Å². The number of benzene rings is 4. The van der Waals surface area contributed by atoms with Gasteiger partial charge in [0.05, 0.1) is 24.0 Å². The van der Waals surface area contributed by atoms with Crippen LogP contribution in [0.4, 0.5) is 0 Å². The molecule has 0 N–H and O–H groups in total. The average molecular weight is 620 g/mol. The number of hydrogen-bond donors (Lipinski definition) is 0. The molecule has 2 aliphatic carbocycles. The largest absolute Gasteiger partial charge is 0.198 e. The van der Waals surface area contributed by atoms with Crippen molar-refractivity contribution < 1.29 is 0 Å². The first-order valence-corrected chi connectivity index (χ1v) is 16.8. The zero-order valence-electron chi connectivity index (χ0n) is 25.3. The van der Waals surface area contributed by atoms with Crippen LogP contribution in [0.1, 0.15) is 87.2 Å². The van der Waals surface area contributed by atoms with E-state index in [-0.39, 0.29) is 11.8 Å². The lowest BCUT2D eigenvalue weighted by Crippen LogP contribution is -2.15. The zero-order valence-corrected chi connectivity index (χ0v) is 26.8. The van der Waals surface area contributed by atoms with Crippen LogP contribution in [0.15, 0.2) is 97.1 Å². The molecule has 0 saturated heterocycles. The molecule has 2 saturated carbocycles. The average Bonchev–Trinajstić information content (AvgIpc) is 3.08. The van der Waals surface area contributed by atoms with Crippen LogP contribution in [0, 0.1) is 34.5 Å². The monoisotopic (exact) mass is 618 g/mol.